The van der Waals surface area contributed by atoms with E-state index in [4.69, 9.17) is 18.9 Å². The normalized spacial score (nSPS) is 14.0. The molecule has 1 aliphatic heterocycles. The highest BCUT2D eigenvalue weighted by Gasteiger charge is 2.28. The lowest BCUT2D eigenvalue weighted by Gasteiger charge is -2.28. The summed E-state index contributed by atoms with van der Waals surface area (Å²) in [7, 11) is 4.21. The summed E-state index contributed by atoms with van der Waals surface area (Å²) in [6.07, 6.45) is 3.81. The summed E-state index contributed by atoms with van der Waals surface area (Å²) in [5.41, 5.74) is 9.00. The standard InChI is InChI=1S/C42H44N2O4/c1-7-19-45-32-23-35(28(4)38(24-32)46-20-8-2)37-16-13-30-22-31(14-15-36(30)44(37)6)41-26-47-39-25-34(27(3)21-40(39)48-41)42-33-12-10-9-11-29(33)17-18-43(42)5/h9-18,21-25,41H,7-8,19-20,26H2,1-6H3/q+2. The zero-order valence-corrected chi connectivity index (χ0v) is 28.8. The van der Waals surface area contributed by atoms with Crippen LogP contribution in [0.5, 0.6) is 23.0 Å². The summed E-state index contributed by atoms with van der Waals surface area (Å²) >= 11 is 0. The zero-order chi connectivity index (χ0) is 33.4. The van der Waals surface area contributed by atoms with Crippen LogP contribution in [0.2, 0.25) is 0 Å². The van der Waals surface area contributed by atoms with Gasteiger partial charge in [0.25, 0.3) is 0 Å². The summed E-state index contributed by atoms with van der Waals surface area (Å²) in [5, 5.41) is 3.57. The Morgan fingerprint density at radius 2 is 1.58 bits per heavy atom. The van der Waals surface area contributed by atoms with Gasteiger partial charge in [0.15, 0.2) is 23.8 Å². The maximum absolute atomic E-state index is 6.62. The van der Waals surface area contributed by atoms with Gasteiger partial charge in [0.05, 0.1) is 29.7 Å². The molecule has 2 aromatic heterocycles. The summed E-state index contributed by atoms with van der Waals surface area (Å²) in [5.74, 6) is 3.26. The predicted octanol–water partition coefficient (Wildman–Crippen LogP) is 8.68. The number of hydrogen-bond acceptors (Lipinski definition) is 4. The van der Waals surface area contributed by atoms with Gasteiger partial charge >= 0.3 is 0 Å². The van der Waals surface area contributed by atoms with E-state index >= 15 is 0 Å². The second-order valence-electron chi connectivity index (χ2n) is 12.8. The minimum absolute atomic E-state index is 0.210. The minimum atomic E-state index is -0.210. The number of ether oxygens (including phenoxy) is 4. The molecule has 6 heteroatoms. The Morgan fingerprint density at radius 1 is 0.771 bits per heavy atom. The first kappa shape index (κ1) is 31.5. The van der Waals surface area contributed by atoms with Gasteiger partial charge in [-0.05, 0) is 85.7 Å². The molecule has 0 bridgehead atoms. The number of aromatic nitrogens is 2. The maximum atomic E-state index is 6.62. The number of rotatable bonds is 9. The van der Waals surface area contributed by atoms with Gasteiger partial charge < -0.3 is 18.9 Å². The van der Waals surface area contributed by atoms with E-state index in [9.17, 15) is 0 Å². The fourth-order valence-electron chi connectivity index (χ4n) is 6.77. The molecule has 0 radical (unpaired) electrons. The minimum Gasteiger partial charge on any atom is -0.493 e. The van der Waals surface area contributed by atoms with Crippen LogP contribution in [0.25, 0.3) is 44.2 Å². The van der Waals surface area contributed by atoms with Crippen LogP contribution in [0.1, 0.15) is 49.5 Å². The molecular weight excluding hydrogens is 596 g/mol. The van der Waals surface area contributed by atoms with Crippen LogP contribution in [0.3, 0.4) is 0 Å². The lowest BCUT2D eigenvalue weighted by molar-refractivity contribution is -0.659. The van der Waals surface area contributed by atoms with Gasteiger partial charge in [0.1, 0.15) is 32.2 Å². The predicted molar refractivity (Wildman–Crippen MR) is 191 cm³/mol. The van der Waals surface area contributed by atoms with E-state index in [0.717, 1.165) is 80.3 Å². The molecule has 0 saturated heterocycles. The van der Waals surface area contributed by atoms with E-state index in [-0.39, 0.29) is 6.10 Å². The highest BCUT2D eigenvalue weighted by Crippen LogP contribution is 2.42. The van der Waals surface area contributed by atoms with Gasteiger partial charge in [0, 0.05) is 35.2 Å². The van der Waals surface area contributed by atoms with E-state index in [2.05, 4.69) is 136 Å². The fourth-order valence-corrected chi connectivity index (χ4v) is 6.77. The fraction of sp³-hybridized carbons (Fsp3) is 0.286. The van der Waals surface area contributed by atoms with Crippen LogP contribution >= 0.6 is 0 Å². The summed E-state index contributed by atoms with van der Waals surface area (Å²) in [6.45, 7) is 10.3. The zero-order valence-electron chi connectivity index (χ0n) is 28.8. The van der Waals surface area contributed by atoms with E-state index in [1.54, 1.807) is 0 Å². The first-order chi connectivity index (χ1) is 23.4. The quantitative estimate of drug-likeness (QED) is 0.148. The van der Waals surface area contributed by atoms with E-state index in [0.29, 0.717) is 19.8 Å². The Bertz CT molecular complexity index is 2160. The van der Waals surface area contributed by atoms with Gasteiger partial charge in [-0.25, -0.2) is 4.57 Å². The van der Waals surface area contributed by atoms with Gasteiger partial charge in [0.2, 0.25) is 16.9 Å². The summed E-state index contributed by atoms with van der Waals surface area (Å²) in [6, 6.07) is 30.0. The van der Waals surface area contributed by atoms with Crippen molar-refractivity contribution in [1.82, 2.24) is 0 Å². The topological polar surface area (TPSA) is 44.7 Å². The number of hydrogen-bond donors (Lipinski definition) is 0. The van der Waals surface area contributed by atoms with Crippen molar-refractivity contribution in [2.24, 2.45) is 14.1 Å². The Balaban J connectivity index is 1.19. The molecule has 1 aliphatic rings. The van der Waals surface area contributed by atoms with Gasteiger partial charge in [-0.15, -0.1) is 0 Å². The smallest absolute Gasteiger partial charge is 0.220 e. The second kappa shape index (κ2) is 13.2. The SMILES string of the molecule is CCCOc1cc(OCCC)c(C)c(-c2ccc3cc(C4COc5cc(-c6c7ccccc7cc[n+]6C)c(C)cc5O4)ccc3[n+]2C)c1. The molecule has 0 amide bonds. The number of benzene rings is 4. The lowest BCUT2D eigenvalue weighted by Crippen LogP contribution is -2.32. The molecule has 1 unspecified atom stereocenters. The summed E-state index contributed by atoms with van der Waals surface area (Å²) < 4.78 is 29.7. The van der Waals surface area contributed by atoms with Crippen molar-refractivity contribution in [2.75, 3.05) is 19.8 Å². The first-order valence-electron chi connectivity index (χ1n) is 17.0. The molecule has 3 heterocycles. The van der Waals surface area contributed by atoms with Crippen LogP contribution in [-0.4, -0.2) is 19.8 Å². The second-order valence-corrected chi connectivity index (χ2v) is 12.8. The Kier molecular flexibility index (Phi) is 8.65. The van der Waals surface area contributed by atoms with Crippen molar-refractivity contribution in [2.45, 2.75) is 46.6 Å². The number of fused-ring (bicyclic) bond motifs is 3. The molecule has 6 nitrogen and oxygen atoms in total. The van der Waals surface area contributed by atoms with E-state index in [1.807, 2.05) is 6.07 Å². The molecule has 6 aromatic rings. The van der Waals surface area contributed by atoms with Crippen molar-refractivity contribution in [3.8, 4) is 45.5 Å². The Hall–Kier alpha value is -5.10. The lowest BCUT2D eigenvalue weighted by atomic mass is 9.98. The van der Waals surface area contributed by atoms with Crippen LogP contribution in [0.15, 0.2) is 91.1 Å². The highest BCUT2D eigenvalue weighted by molar-refractivity contribution is 5.94. The monoisotopic (exact) mass is 640 g/mol. The number of aryl methyl sites for hydroxylation is 3. The highest BCUT2D eigenvalue weighted by atomic mass is 16.6. The molecule has 0 spiro atoms. The van der Waals surface area contributed by atoms with Crippen LogP contribution in [0.4, 0.5) is 0 Å². The third kappa shape index (κ3) is 5.81. The molecule has 0 saturated carbocycles. The average Bonchev–Trinajstić information content (AvgIpc) is 3.10. The summed E-state index contributed by atoms with van der Waals surface area (Å²) in [4.78, 5) is 0. The average molecular weight is 641 g/mol. The van der Waals surface area contributed by atoms with Crippen molar-refractivity contribution in [3.05, 3.63) is 108 Å². The van der Waals surface area contributed by atoms with Crippen molar-refractivity contribution >= 4 is 21.7 Å². The van der Waals surface area contributed by atoms with Crippen molar-refractivity contribution in [1.29, 1.82) is 0 Å². The molecule has 48 heavy (non-hydrogen) atoms. The van der Waals surface area contributed by atoms with Crippen molar-refractivity contribution in [3.63, 3.8) is 0 Å². The molecular formula is C42H44N2O4+2. The molecule has 1 atom stereocenters. The van der Waals surface area contributed by atoms with Gasteiger partial charge in [-0.1, -0.05) is 32.0 Å². The molecule has 0 N–H and O–H groups in total. The number of pyridine rings is 2. The largest absolute Gasteiger partial charge is 0.493 e. The van der Waals surface area contributed by atoms with E-state index in [1.165, 1.54) is 16.5 Å². The Labute approximate surface area is 283 Å². The van der Waals surface area contributed by atoms with Gasteiger partial charge in [-0.3, -0.25) is 0 Å². The third-order valence-corrected chi connectivity index (χ3v) is 9.36. The molecule has 7 rings (SSSR count). The molecule has 244 valence electrons. The molecule has 4 aromatic carbocycles. The van der Waals surface area contributed by atoms with Crippen molar-refractivity contribution < 1.29 is 28.1 Å². The van der Waals surface area contributed by atoms with Gasteiger partial charge in [-0.2, -0.15) is 4.57 Å². The Morgan fingerprint density at radius 3 is 2.42 bits per heavy atom. The molecule has 0 fully saturated rings. The van der Waals surface area contributed by atoms with Crippen LogP contribution < -0.4 is 28.1 Å². The van der Waals surface area contributed by atoms with Crippen LogP contribution in [0, 0.1) is 13.8 Å². The molecule has 0 aliphatic carbocycles. The maximum Gasteiger partial charge on any atom is 0.220 e. The number of nitrogens with zero attached hydrogens (tertiary/aromatic N) is 2. The first-order valence-corrected chi connectivity index (χ1v) is 17.0. The van der Waals surface area contributed by atoms with Crippen LogP contribution in [-0.2, 0) is 14.1 Å². The third-order valence-electron chi connectivity index (χ3n) is 9.36. The van der Waals surface area contributed by atoms with E-state index < -0.39 is 0 Å².